The second-order valence-electron chi connectivity index (χ2n) is 3.74. The second-order valence-corrected chi connectivity index (χ2v) is 3.74. The van der Waals surface area contributed by atoms with Crippen LogP contribution in [0.15, 0.2) is 12.0 Å². The van der Waals surface area contributed by atoms with Crippen molar-refractivity contribution in [3.63, 3.8) is 0 Å². The topological polar surface area (TPSA) is 35.8 Å². The molecule has 11 heavy (non-hydrogen) atoms. The Labute approximate surface area is 65.3 Å². The molecule has 60 valence electrons. The third-order valence-electron chi connectivity index (χ3n) is 3.28. The van der Waals surface area contributed by atoms with Crippen molar-refractivity contribution < 1.29 is 9.84 Å². The Balaban J connectivity index is 1.92. The van der Waals surface area contributed by atoms with Crippen LogP contribution in [0.2, 0.25) is 0 Å². The molecule has 0 bridgehead atoms. The van der Waals surface area contributed by atoms with Gasteiger partial charge in [-0.15, -0.1) is 0 Å². The van der Waals surface area contributed by atoms with Crippen molar-refractivity contribution in [1.82, 2.24) is 4.90 Å². The van der Waals surface area contributed by atoms with Crippen LogP contribution < -0.4 is 0 Å². The first-order chi connectivity index (χ1) is 5.25. The summed E-state index contributed by atoms with van der Waals surface area (Å²) in [5, 5.41) is 9.38. The molecule has 1 saturated carbocycles. The van der Waals surface area contributed by atoms with Gasteiger partial charge in [0.25, 0.3) is 0 Å². The number of ether oxygens (including phenoxy) is 1. The Morgan fingerprint density at radius 3 is 3.09 bits per heavy atom. The molecule has 4 atom stereocenters. The Kier molecular flexibility index (Phi) is 0.806. The first-order valence-corrected chi connectivity index (χ1v) is 4.03. The van der Waals surface area contributed by atoms with Crippen molar-refractivity contribution in [3.05, 3.63) is 12.0 Å². The Morgan fingerprint density at radius 1 is 1.82 bits per heavy atom. The highest BCUT2D eigenvalue weighted by atomic mass is 16.5. The number of piperidine rings is 1. The summed E-state index contributed by atoms with van der Waals surface area (Å²) >= 11 is 0. The maximum Gasteiger partial charge on any atom is 0.160 e. The van der Waals surface area contributed by atoms with E-state index in [0.717, 1.165) is 18.6 Å². The summed E-state index contributed by atoms with van der Waals surface area (Å²) in [6.45, 7) is 0. The number of nitrogens with zero attached hydrogens (tertiary/aromatic N) is 1. The van der Waals surface area contributed by atoms with E-state index in [1.807, 2.05) is 0 Å². The molecule has 2 unspecified atom stereocenters. The number of aliphatic hydroxyl groups excluding tert-OH is 1. The monoisotopic (exact) mass is 153 g/mol. The van der Waals surface area contributed by atoms with E-state index in [0.29, 0.717) is 6.04 Å². The lowest BCUT2D eigenvalue weighted by Crippen LogP contribution is -2.20. The minimum Gasteiger partial charge on any atom is -0.460 e. The van der Waals surface area contributed by atoms with Crippen molar-refractivity contribution in [2.24, 2.45) is 0 Å². The van der Waals surface area contributed by atoms with Gasteiger partial charge in [0.05, 0.1) is 6.10 Å². The van der Waals surface area contributed by atoms with Crippen LogP contribution in [0, 0.1) is 0 Å². The molecule has 3 rings (SSSR count). The SMILES string of the molecule is C[N@]1C2C[C@H](O)CC21C1=CO1. The van der Waals surface area contributed by atoms with Crippen molar-refractivity contribution >= 4 is 0 Å². The quantitative estimate of drug-likeness (QED) is 0.541. The molecule has 2 fully saturated rings. The summed E-state index contributed by atoms with van der Waals surface area (Å²) < 4.78 is 5.09. The zero-order valence-corrected chi connectivity index (χ0v) is 6.45. The molecule has 0 radical (unpaired) electrons. The van der Waals surface area contributed by atoms with Gasteiger partial charge in [0.15, 0.2) is 5.76 Å². The number of aliphatic hydroxyl groups is 1. The maximum absolute atomic E-state index is 9.38. The molecule has 0 spiro atoms. The first-order valence-electron chi connectivity index (χ1n) is 4.03. The molecule has 2 heterocycles. The van der Waals surface area contributed by atoms with E-state index in [-0.39, 0.29) is 11.6 Å². The standard InChI is InChI=1S/C8H11NO2/c1-9-6-2-5(10)3-8(6,9)7-4-11-7/h4-6,10H,2-3H2,1H3/t5-,6?,8?,9+/m0/s1. The molecule has 0 amide bonds. The van der Waals surface area contributed by atoms with Gasteiger partial charge in [0.1, 0.15) is 11.8 Å². The van der Waals surface area contributed by atoms with Gasteiger partial charge < -0.3 is 9.84 Å². The Hall–Kier alpha value is -0.540. The number of hydrogen-bond acceptors (Lipinski definition) is 3. The van der Waals surface area contributed by atoms with E-state index in [1.165, 1.54) is 0 Å². The van der Waals surface area contributed by atoms with E-state index >= 15 is 0 Å². The lowest BCUT2D eigenvalue weighted by Gasteiger charge is -2.10. The zero-order chi connectivity index (χ0) is 7.64. The highest BCUT2D eigenvalue weighted by molar-refractivity contribution is 5.39. The van der Waals surface area contributed by atoms with E-state index in [2.05, 4.69) is 11.9 Å². The predicted octanol–water partition coefficient (Wildman–Crippen LogP) is 0.0655. The number of fused-ring (bicyclic) bond motifs is 1. The summed E-state index contributed by atoms with van der Waals surface area (Å²) in [7, 11) is 2.10. The molecule has 1 aliphatic carbocycles. The third kappa shape index (κ3) is 0.532. The number of hydrogen-bond donors (Lipinski definition) is 1. The van der Waals surface area contributed by atoms with Gasteiger partial charge in [-0.05, 0) is 13.5 Å². The fourth-order valence-corrected chi connectivity index (χ4v) is 2.55. The smallest absolute Gasteiger partial charge is 0.160 e. The first kappa shape index (κ1) is 6.03. The van der Waals surface area contributed by atoms with Crippen LogP contribution in [0.3, 0.4) is 0 Å². The number of likely N-dealkylation sites (tertiary alicyclic amines) is 1. The summed E-state index contributed by atoms with van der Waals surface area (Å²) in [6, 6.07) is 0.547. The van der Waals surface area contributed by atoms with E-state index in [9.17, 15) is 5.11 Å². The molecule has 2 aliphatic heterocycles. The minimum absolute atomic E-state index is 0.110. The molecule has 1 saturated heterocycles. The largest absolute Gasteiger partial charge is 0.460 e. The summed E-state index contributed by atoms with van der Waals surface area (Å²) in [6.07, 6.45) is 3.47. The minimum atomic E-state index is -0.110. The summed E-state index contributed by atoms with van der Waals surface area (Å²) in [4.78, 5) is 2.29. The number of rotatable bonds is 1. The zero-order valence-electron chi connectivity index (χ0n) is 6.45. The van der Waals surface area contributed by atoms with Crippen LogP contribution in [0.25, 0.3) is 0 Å². The van der Waals surface area contributed by atoms with Crippen LogP contribution in [0.4, 0.5) is 0 Å². The predicted molar refractivity (Wildman–Crippen MR) is 38.7 cm³/mol. The number of likely N-dealkylation sites (N-methyl/N-ethyl adjacent to an activating group) is 1. The fourth-order valence-electron chi connectivity index (χ4n) is 2.55. The van der Waals surface area contributed by atoms with Crippen LogP contribution >= 0.6 is 0 Å². The fraction of sp³-hybridized carbons (Fsp3) is 0.750. The van der Waals surface area contributed by atoms with Crippen molar-refractivity contribution in [2.75, 3.05) is 7.05 Å². The normalized spacial score (nSPS) is 58.0. The Bertz CT molecular complexity index is 250. The van der Waals surface area contributed by atoms with E-state index in [4.69, 9.17) is 4.74 Å². The van der Waals surface area contributed by atoms with Crippen molar-refractivity contribution in [1.29, 1.82) is 0 Å². The van der Waals surface area contributed by atoms with Gasteiger partial charge >= 0.3 is 0 Å². The summed E-state index contributed by atoms with van der Waals surface area (Å²) in [5.74, 6) is 1.08. The lowest BCUT2D eigenvalue weighted by atomic mass is 10.1. The Morgan fingerprint density at radius 2 is 2.55 bits per heavy atom. The van der Waals surface area contributed by atoms with Crippen LogP contribution in [-0.4, -0.2) is 34.7 Å². The molecule has 3 heteroatoms. The van der Waals surface area contributed by atoms with Crippen molar-refractivity contribution in [2.45, 2.75) is 30.5 Å². The average molecular weight is 153 g/mol. The van der Waals surface area contributed by atoms with Crippen LogP contribution in [-0.2, 0) is 4.74 Å². The summed E-state index contributed by atoms with van der Waals surface area (Å²) in [5.41, 5.74) is 0.124. The molecule has 3 nitrogen and oxygen atoms in total. The van der Waals surface area contributed by atoms with E-state index in [1.54, 1.807) is 6.26 Å². The third-order valence-corrected chi connectivity index (χ3v) is 3.28. The highest BCUT2D eigenvalue weighted by Crippen LogP contribution is 2.59. The average Bonchev–Trinajstić information content (AvgIpc) is 2.83. The molecule has 1 N–H and O–H groups in total. The molecule has 0 aromatic carbocycles. The van der Waals surface area contributed by atoms with Gasteiger partial charge in [-0.1, -0.05) is 0 Å². The molecule has 3 aliphatic rings. The van der Waals surface area contributed by atoms with Crippen LogP contribution in [0.5, 0.6) is 0 Å². The molecule has 0 aromatic heterocycles. The van der Waals surface area contributed by atoms with Gasteiger partial charge in [-0.2, -0.15) is 0 Å². The van der Waals surface area contributed by atoms with Crippen molar-refractivity contribution in [3.8, 4) is 0 Å². The second kappa shape index (κ2) is 1.47. The van der Waals surface area contributed by atoms with Gasteiger partial charge in [-0.25, -0.2) is 0 Å². The van der Waals surface area contributed by atoms with E-state index < -0.39 is 0 Å². The van der Waals surface area contributed by atoms with Gasteiger partial charge in [0, 0.05) is 12.5 Å². The van der Waals surface area contributed by atoms with Gasteiger partial charge in [-0.3, -0.25) is 4.90 Å². The van der Waals surface area contributed by atoms with Gasteiger partial charge in [0.2, 0.25) is 0 Å². The maximum atomic E-state index is 9.38. The lowest BCUT2D eigenvalue weighted by molar-refractivity contribution is 0.146. The molecule has 0 aromatic rings. The molecular formula is C8H11NO2. The molecular weight excluding hydrogens is 142 g/mol. The van der Waals surface area contributed by atoms with Crippen LogP contribution in [0.1, 0.15) is 12.8 Å². The highest BCUT2D eigenvalue weighted by Gasteiger charge is 2.70.